The van der Waals surface area contributed by atoms with E-state index in [4.69, 9.17) is 23.2 Å². The number of alkyl halides is 4. The Morgan fingerprint density at radius 3 is 2.48 bits per heavy atom. The molecular formula is C17H13Cl2F5N6O. The molecule has 31 heavy (non-hydrogen) atoms. The van der Waals surface area contributed by atoms with Crippen molar-refractivity contribution in [2.45, 2.75) is 32.4 Å². The number of hydrogen-bond acceptors (Lipinski definition) is 4. The summed E-state index contributed by atoms with van der Waals surface area (Å²) < 4.78 is 67.4. The van der Waals surface area contributed by atoms with Gasteiger partial charge in [0.2, 0.25) is 5.95 Å². The molecule has 0 aliphatic carbocycles. The van der Waals surface area contributed by atoms with Gasteiger partial charge in [0.05, 0.1) is 11.6 Å². The summed E-state index contributed by atoms with van der Waals surface area (Å²) in [5.41, 5.74) is -1.51. The Kier molecular flexibility index (Phi) is 6.80. The molecule has 1 atom stereocenters. The average molecular weight is 483 g/mol. The fourth-order valence-corrected chi connectivity index (χ4v) is 3.17. The second-order valence-corrected chi connectivity index (χ2v) is 7.08. The minimum Gasteiger partial charge on any atom is -0.291 e. The van der Waals surface area contributed by atoms with E-state index in [1.54, 1.807) is 0 Å². The van der Waals surface area contributed by atoms with Crippen LogP contribution in [0, 0.1) is 5.82 Å². The molecule has 0 spiro atoms. The van der Waals surface area contributed by atoms with Gasteiger partial charge in [0.1, 0.15) is 29.6 Å². The Morgan fingerprint density at radius 2 is 1.87 bits per heavy atom. The molecule has 0 radical (unpaired) electrons. The normalized spacial score (nSPS) is 12.6. The lowest BCUT2D eigenvalue weighted by molar-refractivity contribution is -0.119. The van der Waals surface area contributed by atoms with Crippen molar-refractivity contribution < 1.29 is 26.7 Å². The van der Waals surface area contributed by atoms with E-state index >= 15 is 0 Å². The van der Waals surface area contributed by atoms with Crippen LogP contribution in [0.4, 0.5) is 27.9 Å². The van der Waals surface area contributed by atoms with Gasteiger partial charge in [0.15, 0.2) is 0 Å². The zero-order valence-corrected chi connectivity index (χ0v) is 17.1. The minimum atomic E-state index is -3.24. The van der Waals surface area contributed by atoms with Crippen LogP contribution in [0.1, 0.15) is 42.8 Å². The number of nitrogens with one attached hydrogen (secondary N) is 1. The summed E-state index contributed by atoms with van der Waals surface area (Å²) in [6.45, 7) is 1.29. The number of carbonyl (C=O) groups excluding carboxylic acids is 1. The van der Waals surface area contributed by atoms with Crippen LogP contribution in [0.2, 0.25) is 10.0 Å². The largest absolute Gasteiger partial charge is 0.291 e. The lowest BCUT2D eigenvalue weighted by atomic mass is 10.2. The lowest BCUT2D eigenvalue weighted by Gasteiger charge is -2.14. The van der Waals surface area contributed by atoms with Crippen molar-refractivity contribution in [3.05, 3.63) is 57.3 Å². The monoisotopic (exact) mass is 482 g/mol. The average Bonchev–Trinajstić information content (AvgIpc) is 3.27. The van der Waals surface area contributed by atoms with E-state index in [-0.39, 0.29) is 17.5 Å². The van der Waals surface area contributed by atoms with E-state index in [1.165, 1.54) is 30.1 Å². The minimum absolute atomic E-state index is 0.111. The highest BCUT2D eigenvalue weighted by atomic mass is 35.5. The maximum absolute atomic E-state index is 13.3. The van der Waals surface area contributed by atoms with Crippen LogP contribution in [0.3, 0.4) is 0 Å². The van der Waals surface area contributed by atoms with Crippen LogP contribution in [0.25, 0.3) is 0 Å². The first-order chi connectivity index (χ1) is 14.6. The van der Waals surface area contributed by atoms with Crippen LogP contribution in [-0.2, 0) is 11.3 Å². The zero-order chi connectivity index (χ0) is 22.9. The quantitative estimate of drug-likeness (QED) is 0.478. The highest BCUT2D eigenvalue weighted by Crippen LogP contribution is 2.36. The Hall–Kier alpha value is -2.73. The second-order valence-electron chi connectivity index (χ2n) is 6.30. The molecule has 3 rings (SSSR count). The predicted molar refractivity (Wildman–Crippen MR) is 101 cm³/mol. The van der Waals surface area contributed by atoms with Crippen molar-refractivity contribution in [3.8, 4) is 0 Å². The summed E-state index contributed by atoms with van der Waals surface area (Å²) >= 11 is 11.5. The number of halogens is 7. The summed E-state index contributed by atoms with van der Waals surface area (Å²) in [5.74, 6) is -1.58. The fraction of sp³-hybridized carbons (Fsp3) is 0.294. The van der Waals surface area contributed by atoms with Crippen LogP contribution >= 0.6 is 23.2 Å². The van der Waals surface area contributed by atoms with E-state index in [9.17, 15) is 26.7 Å². The Balaban J connectivity index is 1.76. The van der Waals surface area contributed by atoms with Gasteiger partial charge in [0.25, 0.3) is 18.8 Å². The smallest absolute Gasteiger partial charge is 0.283 e. The molecule has 2 heterocycles. The molecular weight excluding hydrogens is 470 g/mol. The highest BCUT2D eigenvalue weighted by molar-refractivity contribution is 6.32. The number of amides is 1. The topological polar surface area (TPSA) is 77.6 Å². The Labute approximate surface area is 181 Å². The van der Waals surface area contributed by atoms with Crippen LogP contribution in [-0.4, -0.2) is 30.5 Å². The Morgan fingerprint density at radius 1 is 1.16 bits per heavy atom. The van der Waals surface area contributed by atoms with Crippen LogP contribution in [0.5, 0.6) is 0 Å². The Bertz CT molecular complexity index is 1100. The molecule has 0 aliphatic heterocycles. The zero-order valence-electron chi connectivity index (χ0n) is 15.5. The van der Waals surface area contributed by atoms with Crippen molar-refractivity contribution in [2.24, 2.45) is 0 Å². The highest BCUT2D eigenvalue weighted by Gasteiger charge is 2.32. The van der Waals surface area contributed by atoms with Crippen molar-refractivity contribution >= 4 is 35.1 Å². The molecule has 1 amide bonds. The lowest BCUT2D eigenvalue weighted by Crippen LogP contribution is -2.26. The molecule has 0 saturated carbocycles. The van der Waals surface area contributed by atoms with Crippen molar-refractivity contribution in [3.63, 3.8) is 0 Å². The molecule has 0 fully saturated rings. The summed E-state index contributed by atoms with van der Waals surface area (Å²) in [6.07, 6.45) is -5.18. The van der Waals surface area contributed by atoms with E-state index in [2.05, 4.69) is 20.5 Å². The first-order valence-electron chi connectivity index (χ1n) is 8.56. The SMILES string of the molecule is CC(C(=O)Nc1ncn(Cc2ccc(F)cc2Cl)n1)n1nc(C(F)F)c(Cl)c1C(F)F. The third-order valence-electron chi connectivity index (χ3n) is 4.19. The van der Waals surface area contributed by atoms with E-state index in [0.29, 0.717) is 10.2 Å². The summed E-state index contributed by atoms with van der Waals surface area (Å²) in [4.78, 5) is 16.3. The van der Waals surface area contributed by atoms with Gasteiger partial charge < -0.3 is 0 Å². The van der Waals surface area contributed by atoms with Crippen LogP contribution in [0.15, 0.2) is 24.5 Å². The van der Waals surface area contributed by atoms with E-state index in [0.717, 1.165) is 6.07 Å². The molecule has 7 nitrogen and oxygen atoms in total. The van der Waals surface area contributed by atoms with E-state index < -0.39 is 47.0 Å². The molecule has 0 aliphatic rings. The van der Waals surface area contributed by atoms with Gasteiger partial charge >= 0.3 is 0 Å². The first-order valence-corrected chi connectivity index (χ1v) is 9.32. The van der Waals surface area contributed by atoms with Gasteiger partial charge in [-0.2, -0.15) is 5.10 Å². The molecule has 0 saturated heterocycles. The van der Waals surface area contributed by atoms with Gasteiger partial charge in [0, 0.05) is 5.02 Å². The maximum atomic E-state index is 13.3. The number of rotatable bonds is 7. The number of nitrogens with zero attached hydrogens (tertiary/aromatic N) is 5. The van der Waals surface area contributed by atoms with Gasteiger partial charge in [-0.25, -0.2) is 36.3 Å². The number of carbonyl (C=O) groups is 1. The van der Waals surface area contributed by atoms with Crippen LogP contribution < -0.4 is 5.32 Å². The fourth-order valence-electron chi connectivity index (χ4n) is 2.65. The molecule has 0 bridgehead atoms. The van der Waals surface area contributed by atoms with Crippen molar-refractivity contribution in [2.75, 3.05) is 5.32 Å². The molecule has 166 valence electrons. The standard InChI is InChI=1S/C17H13Cl2F5N6O/c1-7(30-13(15(23)24)11(19)12(27-30)14(21)22)16(31)26-17-25-6-29(28-17)5-8-2-3-9(20)4-10(8)18/h2-4,6-7,14-15H,5H2,1H3,(H,26,28,31). The predicted octanol–water partition coefficient (Wildman–Crippen LogP) is 5.04. The van der Waals surface area contributed by atoms with Gasteiger partial charge in [-0.05, 0) is 24.6 Å². The molecule has 3 aromatic rings. The first kappa shape index (κ1) is 22.9. The molecule has 1 unspecified atom stereocenters. The third-order valence-corrected chi connectivity index (χ3v) is 4.93. The number of aromatic nitrogens is 5. The number of anilines is 1. The molecule has 1 N–H and O–H groups in total. The molecule has 2 aromatic heterocycles. The second kappa shape index (κ2) is 9.18. The third kappa shape index (κ3) is 4.96. The number of hydrogen-bond donors (Lipinski definition) is 1. The summed E-state index contributed by atoms with van der Waals surface area (Å²) in [6, 6.07) is 2.37. The van der Waals surface area contributed by atoms with Gasteiger partial charge in [-0.1, -0.05) is 29.3 Å². The molecule has 14 heteroatoms. The van der Waals surface area contributed by atoms with Crippen molar-refractivity contribution in [1.29, 1.82) is 0 Å². The van der Waals surface area contributed by atoms with Crippen molar-refractivity contribution in [1.82, 2.24) is 24.5 Å². The van der Waals surface area contributed by atoms with E-state index in [1.807, 2.05) is 0 Å². The summed E-state index contributed by atoms with van der Waals surface area (Å²) in [7, 11) is 0. The van der Waals surface area contributed by atoms with Gasteiger partial charge in [-0.3, -0.25) is 10.1 Å². The number of benzene rings is 1. The van der Waals surface area contributed by atoms with Gasteiger partial charge in [-0.15, -0.1) is 5.10 Å². The molecule has 1 aromatic carbocycles. The maximum Gasteiger partial charge on any atom is 0.283 e. The summed E-state index contributed by atoms with van der Waals surface area (Å²) in [5, 5.41) is 8.91.